The third kappa shape index (κ3) is 10.1. The van der Waals surface area contributed by atoms with Crippen molar-refractivity contribution in [1.82, 2.24) is 0 Å². The van der Waals surface area contributed by atoms with Gasteiger partial charge >= 0.3 is 0 Å². The van der Waals surface area contributed by atoms with Gasteiger partial charge in [-0.25, -0.2) is 0 Å². The lowest BCUT2D eigenvalue weighted by molar-refractivity contribution is 0.667. The predicted octanol–water partition coefficient (Wildman–Crippen LogP) is 21.2. The Bertz CT molecular complexity index is 4430. The summed E-state index contributed by atoms with van der Waals surface area (Å²) in [6, 6.07) is 118. The number of nitrogens with zero attached hydrogens (tertiary/aromatic N) is 2. The summed E-state index contributed by atoms with van der Waals surface area (Å²) < 4.78 is 0. The van der Waals surface area contributed by atoms with Crippen LogP contribution < -0.4 is 26.2 Å². The Hall–Kier alpha value is -10.5. The average molecular weight is 1110 g/mol. The monoisotopic (exact) mass is 1110 g/mol. The molecule has 0 bridgehead atoms. The molecule has 2 aliphatic heterocycles. The van der Waals surface area contributed by atoms with Gasteiger partial charge in [-0.3, -0.25) is 0 Å². The first-order valence-corrected chi connectivity index (χ1v) is 31.0. The van der Waals surface area contributed by atoms with Gasteiger partial charge in [-0.2, -0.15) is 0 Å². The molecule has 3 heteroatoms. The highest BCUT2D eigenvalue weighted by molar-refractivity contribution is 7.00. The van der Waals surface area contributed by atoms with Crippen LogP contribution in [0.5, 0.6) is 0 Å². The molecule has 0 fully saturated rings. The second-order valence-electron chi connectivity index (χ2n) is 23.3. The van der Waals surface area contributed by atoms with Gasteiger partial charge in [0, 0.05) is 45.0 Å². The third-order valence-corrected chi connectivity index (χ3v) is 17.9. The molecule has 2 nitrogen and oxygen atoms in total. The summed E-state index contributed by atoms with van der Waals surface area (Å²) in [6.45, 7) is 2.16. The molecular formula is C84H65BN2. The SMILES string of the molecule is CCCCCCc1ccc2c(c1)B1c3cc(-c4ccccc4)ccc3N(c3c(-c4ccccc4)cc(-c4ccccc4)cc3-c3ccccc3)c3cc(-c4ccccc4)cc(c31)N2c1c(-c2ccccc2)cc(-c2ccccc2)cc1-c1ccccc1. The molecule has 0 N–H and O–H groups in total. The van der Waals surface area contributed by atoms with Gasteiger partial charge in [0.15, 0.2) is 0 Å². The standard InChI is InChI=1S/C84H65BN2/c1-2-3-4-13-30-59-47-49-78-76(51-59)85-77-56-68(60-31-14-5-15-32-60)48-50-79(77)87(84-74(66-43-26-11-27-44-66)54-70(62-35-18-7-19-36-62)55-75(84)67-45-28-12-29-46-67)81-58-71(63-37-20-8-21-38-63)57-80(82(81)85)86(78)83-72(64-39-22-9-23-40-64)52-69(61-33-16-6-17-34-61)53-73(83)65-41-24-10-25-42-65/h5-12,14-29,31-58H,2-4,13,30H2,1H3. The van der Waals surface area contributed by atoms with Crippen LogP contribution in [0.4, 0.5) is 34.1 Å². The largest absolute Gasteiger partial charge is 0.310 e. The lowest BCUT2D eigenvalue weighted by atomic mass is 9.33. The third-order valence-electron chi connectivity index (χ3n) is 17.9. The van der Waals surface area contributed by atoms with Crippen molar-refractivity contribution in [3.8, 4) is 89.0 Å². The van der Waals surface area contributed by atoms with Crippen molar-refractivity contribution in [3.05, 3.63) is 321 Å². The number of fused-ring (bicyclic) bond motifs is 4. The second-order valence-corrected chi connectivity index (χ2v) is 23.3. The summed E-state index contributed by atoms with van der Waals surface area (Å²) >= 11 is 0. The maximum absolute atomic E-state index is 2.69. The number of aryl methyl sites for hydroxylation is 1. The summed E-state index contributed by atoms with van der Waals surface area (Å²) in [4.78, 5) is 5.37. The number of rotatable bonds is 15. The van der Waals surface area contributed by atoms with E-state index in [-0.39, 0.29) is 6.71 Å². The number of benzene rings is 13. The summed E-state index contributed by atoms with van der Waals surface area (Å²) in [5.41, 5.74) is 30.8. The van der Waals surface area contributed by atoms with E-state index in [0.29, 0.717) is 0 Å². The highest BCUT2D eigenvalue weighted by atomic mass is 15.2. The van der Waals surface area contributed by atoms with Gasteiger partial charge in [-0.1, -0.05) is 293 Å². The molecule has 0 spiro atoms. The lowest BCUT2D eigenvalue weighted by Crippen LogP contribution is -2.61. The molecule has 0 unspecified atom stereocenters. The summed E-state index contributed by atoms with van der Waals surface area (Å²) in [5.74, 6) is 0. The molecule has 0 saturated carbocycles. The van der Waals surface area contributed by atoms with E-state index in [9.17, 15) is 0 Å². The van der Waals surface area contributed by atoms with Crippen LogP contribution in [0.25, 0.3) is 89.0 Å². The molecule has 2 aliphatic rings. The van der Waals surface area contributed by atoms with E-state index in [4.69, 9.17) is 0 Å². The quantitative estimate of drug-likeness (QED) is 0.0746. The van der Waals surface area contributed by atoms with Crippen LogP contribution in [-0.4, -0.2) is 6.71 Å². The van der Waals surface area contributed by atoms with E-state index >= 15 is 0 Å². The molecule has 0 saturated heterocycles. The molecule has 0 aromatic heterocycles. The zero-order chi connectivity index (χ0) is 58.0. The minimum absolute atomic E-state index is 0.149. The zero-order valence-electron chi connectivity index (χ0n) is 49.0. The van der Waals surface area contributed by atoms with Crippen LogP contribution in [0.3, 0.4) is 0 Å². The van der Waals surface area contributed by atoms with Crippen LogP contribution in [0.1, 0.15) is 38.2 Å². The Morgan fingerprint density at radius 3 is 0.943 bits per heavy atom. The van der Waals surface area contributed by atoms with Crippen LogP contribution >= 0.6 is 0 Å². The van der Waals surface area contributed by atoms with Crippen molar-refractivity contribution in [1.29, 1.82) is 0 Å². The number of anilines is 6. The maximum Gasteiger partial charge on any atom is 0.252 e. The van der Waals surface area contributed by atoms with Gasteiger partial charge in [-0.15, -0.1) is 0 Å². The van der Waals surface area contributed by atoms with Gasteiger partial charge in [0.1, 0.15) is 0 Å². The lowest BCUT2D eigenvalue weighted by Gasteiger charge is -2.46. The molecule has 15 rings (SSSR count). The normalized spacial score (nSPS) is 12.1. The van der Waals surface area contributed by atoms with Gasteiger partial charge in [0.25, 0.3) is 6.71 Å². The fourth-order valence-corrected chi connectivity index (χ4v) is 13.8. The van der Waals surface area contributed by atoms with E-state index in [1.807, 2.05) is 0 Å². The number of hydrogen-bond donors (Lipinski definition) is 0. The first kappa shape index (κ1) is 53.3. The molecule has 0 radical (unpaired) electrons. The molecule has 13 aromatic carbocycles. The number of hydrogen-bond acceptors (Lipinski definition) is 2. The van der Waals surface area contributed by atoms with Gasteiger partial charge in [0.05, 0.1) is 11.4 Å². The molecule has 13 aromatic rings. The minimum Gasteiger partial charge on any atom is -0.310 e. The van der Waals surface area contributed by atoms with Crippen LogP contribution in [-0.2, 0) is 6.42 Å². The highest BCUT2D eigenvalue weighted by Gasteiger charge is 2.46. The number of unbranched alkanes of at least 4 members (excludes halogenated alkanes) is 3. The molecule has 0 amide bonds. The van der Waals surface area contributed by atoms with Crippen molar-refractivity contribution in [2.75, 3.05) is 9.80 Å². The van der Waals surface area contributed by atoms with Crippen LogP contribution in [0, 0.1) is 0 Å². The highest BCUT2D eigenvalue weighted by Crippen LogP contribution is 2.55. The molecule has 0 aliphatic carbocycles. The van der Waals surface area contributed by atoms with E-state index in [2.05, 4.69) is 332 Å². The van der Waals surface area contributed by atoms with Crippen molar-refractivity contribution in [2.24, 2.45) is 0 Å². The topological polar surface area (TPSA) is 6.48 Å². The zero-order valence-corrected chi connectivity index (χ0v) is 49.0. The fraction of sp³-hybridized carbons (Fsp3) is 0.0714. The Labute approximate surface area is 513 Å². The Morgan fingerprint density at radius 2 is 0.575 bits per heavy atom. The maximum atomic E-state index is 2.69. The fourth-order valence-electron chi connectivity index (χ4n) is 13.8. The van der Waals surface area contributed by atoms with E-state index in [1.54, 1.807) is 0 Å². The summed E-state index contributed by atoms with van der Waals surface area (Å²) in [5, 5.41) is 0. The molecular weight excluding hydrogens is 1050 g/mol. The van der Waals surface area contributed by atoms with Crippen molar-refractivity contribution in [2.45, 2.75) is 39.0 Å². The second kappa shape index (κ2) is 23.5. The smallest absolute Gasteiger partial charge is 0.252 e. The first-order valence-electron chi connectivity index (χ1n) is 31.0. The van der Waals surface area contributed by atoms with Gasteiger partial charge in [-0.05, 0) is 150 Å². The predicted molar refractivity (Wildman–Crippen MR) is 372 cm³/mol. The van der Waals surface area contributed by atoms with Gasteiger partial charge < -0.3 is 9.80 Å². The Morgan fingerprint density at radius 1 is 0.253 bits per heavy atom. The van der Waals surface area contributed by atoms with E-state index < -0.39 is 0 Å². The minimum atomic E-state index is -0.149. The van der Waals surface area contributed by atoms with Crippen LogP contribution in [0.15, 0.2) is 315 Å². The van der Waals surface area contributed by atoms with E-state index in [0.717, 1.165) is 91.2 Å². The van der Waals surface area contributed by atoms with E-state index in [1.165, 1.54) is 86.0 Å². The molecule has 87 heavy (non-hydrogen) atoms. The molecule has 2 heterocycles. The Balaban J connectivity index is 1.12. The summed E-state index contributed by atoms with van der Waals surface area (Å²) in [6.07, 6.45) is 5.81. The molecule has 0 atom stereocenters. The molecule has 414 valence electrons. The first-order chi connectivity index (χ1) is 43.1. The Kier molecular flexibility index (Phi) is 14.4. The van der Waals surface area contributed by atoms with Crippen molar-refractivity contribution in [3.63, 3.8) is 0 Å². The van der Waals surface area contributed by atoms with Crippen molar-refractivity contribution < 1.29 is 0 Å². The van der Waals surface area contributed by atoms with Crippen molar-refractivity contribution >= 4 is 57.2 Å². The van der Waals surface area contributed by atoms with Gasteiger partial charge in [0.2, 0.25) is 0 Å². The summed E-state index contributed by atoms with van der Waals surface area (Å²) in [7, 11) is 0. The van der Waals surface area contributed by atoms with Crippen LogP contribution in [0.2, 0.25) is 0 Å². The average Bonchev–Trinajstić information content (AvgIpc) is 0.778.